The SMILES string of the molecule is CCOc1cc(/C=C2/NC(=O)N(CC(=O)OC)C2=O)cc(Cl)c1OCC(=O)O. The number of carboxylic acid groups (broad SMARTS) is 1. The van der Waals surface area contributed by atoms with Gasteiger partial charge in [0.1, 0.15) is 12.2 Å². The Morgan fingerprint density at radius 2 is 2.00 bits per heavy atom. The van der Waals surface area contributed by atoms with Crippen LogP contribution >= 0.6 is 11.6 Å². The maximum absolute atomic E-state index is 12.3. The highest BCUT2D eigenvalue weighted by Gasteiger charge is 2.35. The Morgan fingerprint density at radius 1 is 1.29 bits per heavy atom. The van der Waals surface area contributed by atoms with E-state index >= 15 is 0 Å². The van der Waals surface area contributed by atoms with Gasteiger partial charge in [0.2, 0.25) is 0 Å². The van der Waals surface area contributed by atoms with Gasteiger partial charge in [0, 0.05) is 0 Å². The van der Waals surface area contributed by atoms with E-state index in [0.717, 1.165) is 7.11 Å². The van der Waals surface area contributed by atoms with Crippen LogP contribution in [0.2, 0.25) is 5.02 Å². The summed E-state index contributed by atoms with van der Waals surface area (Å²) in [6.07, 6.45) is 1.34. The quantitative estimate of drug-likeness (QED) is 0.370. The minimum atomic E-state index is -1.19. The molecule has 0 saturated carbocycles. The number of imide groups is 1. The molecule has 3 amide bonds. The number of halogens is 1. The first-order valence-corrected chi connectivity index (χ1v) is 8.36. The topological polar surface area (TPSA) is 131 Å². The largest absolute Gasteiger partial charge is 0.490 e. The lowest BCUT2D eigenvalue weighted by molar-refractivity contribution is -0.143. The molecule has 10 nitrogen and oxygen atoms in total. The highest BCUT2D eigenvalue weighted by Crippen LogP contribution is 2.37. The second-order valence-electron chi connectivity index (χ2n) is 5.40. The summed E-state index contributed by atoms with van der Waals surface area (Å²) in [5.74, 6) is -2.43. The molecule has 1 aliphatic rings. The molecule has 1 fully saturated rings. The van der Waals surface area contributed by atoms with Crippen LogP contribution in [-0.2, 0) is 19.1 Å². The number of hydrogen-bond acceptors (Lipinski definition) is 7. The van der Waals surface area contributed by atoms with E-state index in [2.05, 4.69) is 10.1 Å². The van der Waals surface area contributed by atoms with E-state index < -0.39 is 37.0 Å². The Labute approximate surface area is 164 Å². The van der Waals surface area contributed by atoms with E-state index in [1.807, 2.05) is 0 Å². The fraction of sp³-hybridized carbons (Fsp3) is 0.294. The first kappa shape index (κ1) is 21.0. The summed E-state index contributed by atoms with van der Waals surface area (Å²) in [5, 5.41) is 11.2. The van der Waals surface area contributed by atoms with Gasteiger partial charge >= 0.3 is 18.0 Å². The van der Waals surface area contributed by atoms with Crippen molar-refractivity contribution in [1.29, 1.82) is 0 Å². The third kappa shape index (κ3) is 4.92. The number of ether oxygens (including phenoxy) is 3. The normalized spacial score (nSPS) is 14.8. The van der Waals surface area contributed by atoms with E-state index in [4.69, 9.17) is 26.2 Å². The summed E-state index contributed by atoms with van der Waals surface area (Å²) in [4.78, 5) is 47.0. The van der Waals surface area contributed by atoms with Gasteiger partial charge in [-0.25, -0.2) is 14.5 Å². The number of urea groups is 1. The molecule has 28 heavy (non-hydrogen) atoms. The predicted molar refractivity (Wildman–Crippen MR) is 96.0 cm³/mol. The van der Waals surface area contributed by atoms with Crippen molar-refractivity contribution < 1.29 is 38.5 Å². The van der Waals surface area contributed by atoms with Crippen molar-refractivity contribution in [2.45, 2.75) is 6.92 Å². The molecule has 1 aliphatic heterocycles. The predicted octanol–water partition coefficient (Wildman–Crippen LogP) is 1.27. The van der Waals surface area contributed by atoms with Gasteiger partial charge in [0.25, 0.3) is 5.91 Å². The van der Waals surface area contributed by atoms with Crippen molar-refractivity contribution in [3.63, 3.8) is 0 Å². The van der Waals surface area contributed by atoms with Crippen LogP contribution < -0.4 is 14.8 Å². The standard InChI is InChI=1S/C17H17ClN2O8/c1-3-27-12-6-9(4-10(18)15(12)28-8-13(21)22)5-11-16(24)20(17(25)19-11)7-14(23)26-2/h4-6H,3,7-8H2,1-2H3,(H,19,25)(H,21,22)/b11-5+. The van der Waals surface area contributed by atoms with Crippen LogP contribution in [0, 0.1) is 0 Å². The van der Waals surface area contributed by atoms with Crippen molar-refractivity contribution in [3.05, 3.63) is 28.4 Å². The number of carbonyl (C=O) groups excluding carboxylic acids is 3. The van der Waals surface area contributed by atoms with Gasteiger partial charge in [-0.05, 0) is 30.7 Å². The van der Waals surface area contributed by atoms with Gasteiger partial charge in [-0.3, -0.25) is 9.59 Å². The Bertz CT molecular complexity index is 852. The average molecular weight is 413 g/mol. The molecule has 11 heteroatoms. The van der Waals surface area contributed by atoms with Crippen molar-refractivity contribution in [2.75, 3.05) is 26.9 Å². The van der Waals surface area contributed by atoms with E-state index in [1.54, 1.807) is 6.92 Å². The first-order valence-electron chi connectivity index (χ1n) is 7.99. The number of aliphatic carboxylic acids is 1. The second-order valence-corrected chi connectivity index (χ2v) is 5.81. The number of esters is 1. The van der Waals surface area contributed by atoms with Crippen LogP contribution in [0.1, 0.15) is 12.5 Å². The third-order valence-corrected chi connectivity index (χ3v) is 3.74. The van der Waals surface area contributed by atoms with Gasteiger partial charge in [0.05, 0.1) is 18.7 Å². The van der Waals surface area contributed by atoms with E-state index in [0.29, 0.717) is 10.5 Å². The smallest absolute Gasteiger partial charge is 0.341 e. The lowest BCUT2D eigenvalue weighted by atomic mass is 10.1. The van der Waals surface area contributed by atoms with Crippen LogP contribution in [0.15, 0.2) is 17.8 Å². The highest BCUT2D eigenvalue weighted by atomic mass is 35.5. The van der Waals surface area contributed by atoms with Crippen molar-refractivity contribution in [1.82, 2.24) is 10.2 Å². The Morgan fingerprint density at radius 3 is 2.61 bits per heavy atom. The number of rotatable bonds is 8. The van der Waals surface area contributed by atoms with Crippen molar-refractivity contribution in [3.8, 4) is 11.5 Å². The van der Waals surface area contributed by atoms with Gasteiger partial charge in [0.15, 0.2) is 18.1 Å². The van der Waals surface area contributed by atoms with Crippen LogP contribution in [0.4, 0.5) is 4.79 Å². The Hall–Kier alpha value is -3.27. The van der Waals surface area contributed by atoms with E-state index in [9.17, 15) is 19.2 Å². The number of carboxylic acids is 1. The van der Waals surface area contributed by atoms with Crippen LogP contribution in [-0.4, -0.2) is 60.8 Å². The molecule has 0 atom stereocenters. The summed E-state index contributed by atoms with van der Waals surface area (Å²) in [7, 11) is 1.14. The lowest BCUT2D eigenvalue weighted by Crippen LogP contribution is -2.36. The number of amides is 3. The molecule has 2 rings (SSSR count). The molecule has 0 unspecified atom stereocenters. The van der Waals surface area contributed by atoms with E-state index in [1.165, 1.54) is 18.2 Å². The van der Waals surface area contributed by atoms with Crippen LogP contribution in [0.25, 0.3) is 6.08 Å². The number of methoxy groups -OCH3 is 1. The van der Waals surface area contributed by atoms with Gasteiger partial charge < -0.3 is 24.6 Å². The Balaban J connectivity index is 2.32. The van der Waals surface area contributed by atoms with Gasteiger partial charge in [-0.15, -0.1) is 0 Å². The van der Waals surface area contributed by atoms with Crippen molar-refractivity contribution in [2.24, 2.45) is 0 Å². The number of nitrogens with zero attached hydrogens (tertiary/aromatic N) is 1. The highest BCUT2D eigenvalue weighted by molar-refractivity contribution is 6.32. The lowest BCUT2D eigenvalue weighted by Gasteiger charge is -2.13. The molecule has 0 spiro atoms. The Kier molecular flexibility index (Phi) is 6.83. The van der Waals surface area contributed by atoms with E-state index in [-0.39, 0.29) is 28.8 Å². The minimum Gasteiger partial charge on any atom is -0.490 e. The first-order chi connectivity index (χ1) is 13.3. The molecule has 1 aromatic carbocycles. The number of carbonyl (C=O) groups is 4. The van der Waals surface area contributed by atoms with Gasteiger partial charge in [-0.2, -0.15) is 0 Å². The minimum absolute atomic E-state index is 0.0437. The fourth-order valence-corrected chi connectivity index (χ4v) is 2.56. The molecule has 2 N–H and O–H groups in total. The summed E-state index contributed by atoms with van der Waals surface area (Å²) in [5.41, 5.74) is 0.311. The third-order valence-electron chi connectivity index (χ3n) is 3.46. The molecule has 1 saturated heterocycles. The van der Waals surface area contributed by atoms with Crippen molar-refractivity contribution >= 4 is 41.6 Å². The second kappa shape index (κ2) is 9.09. The maximum Gasteiger partial charge on any atom is 0.341 e. The number of benzene rings is 1. The zero-order chi connectivity index (χ0) is 20.8. The van der Waals surface area contributed by atoms with Crippen LogP contribution in [0.3, 0.4) is 0 Å². The number of nitrogens with one attached hydrogen (secondary N) is 1. The number of hydrogen-bond donors (Lipinski definition) is 2. The molecule has 0 bridgehead atoms. The summed E-state index contributed by atoms with van der Waals surface area (Å²) >= 11 is 6.15. The van der Waals surface area contributed by atoms with Gasteiger partial charge in [-0.1, -0.05) is 11.6 Å². The monoisotopic (exact) mass is 412 g/mol. The zero-order valence-electron chi connectivity index (χ0n) is 15.0. The summed E-state index contributed by atoms with van der Waals surface area (Å²) in [6, 6.07) is 2.12. The average Bonchev–Trinajstić information content (AvgIpc) is 2.88. The molecule has 0 aliphatic carbocycles. The maximum atomic E-state index is 12.3. The zero-order valence-corrected chi connectivity index (χ0v) is 15.7. The van der Waals surface area contributed by atoms with Crippen LogP contribution in [0.5, 0.6) is 11.5 Å². The molecule has 1 aromatic rings. The summed E-state index contributed by atoms with van der Waals surface area (Å²) in [6.45, 7) is 0.830. The molecular weight excluding hydrogens is 396 g/mol. The molecule has 0 aromatic heterocycles. The molecule has 0 radical (unpaired) electrons. The molecular formula is C17H17ClN2O8. The molecule has 150 valence electrons. The molecule has 1 heterocycles. The summed E-state index contributed by atoms with van der Waals surface area (Å²) < 4.78 is 15.0. The fourth-order valence-electron chi connectivity index (χ4n) is 2.28.